The molecule has 4 nitrogen and oxygen atoms in total. The zero-order valence-corrected chi connectivity index (χ0v) is 13.4. The summed E-state index contributed by atoms with van der Waals surface area (Å²) in [5, 5.41) is 1.14. The van der Waals surface area contributed by atoms with Crippen molar-refractivity contribution in [2.24, 2.45) is 0 Å². The standard InChI is InChI=1S/C21H14N3O/c1-2-7-14(8-3-1)24-20-15-10-6-12-22-17(15)13-23(20)19-16-9-4-5-11-18(16)25-21(19)24/h1-12H,13H2/q+1. The Labute approximate surface area is 143 Å². The second-order valence-corrected chi connectivity index (χ2v) is 6.33. The Morgan fingerprint density at radius 3 is 2.68 bits per heavy atom. The molecule has 0 aliphatic carbocycles. The summed E-state index contributed by atoms with van der Waals surface area (Å²) < 4.78 is 10.8. The van der Waals surface area contributed by atoms with E-state index in [0.717, 1.165) is 45.9 Å². The lowest BCUT2D eigenvalue weighted by molar-refractivity contribution is -0.645. The highest BCUT2D eigenvalue weighted by atomic mass is 16.3. The van der Waals surface area contributed by atoms with E-state index in [2.05, 4.69) is 56.6 Å². The van der Waals surface area contributed by atoms with Crippen LogP contribution in [0.2, 0.25) is 0 Å². The third kappa shape index (κ3) is 1.61. The molecule has 118 valence electrons. The molecule has 4 heterocycles. The first-order valence-electron chi connectivity index (χ1n) is 8.37. The highest BCUT2D eigenvalue weighted by molar-refractivity contribution is 6.01. The second-order valence-electron chi connectivity index (χ2n) is 6.33. The minimum absolute atomic E-state index is 0.769. The number of para-hydroxylation sites is 2. The lowest BCUT2D eigenvalue weighted by Crippen LogP contribution is -2.31. The molecule has 4 heteroatoms. The Morgan fingerprint density at radius 1 is 0.920 bits per heavy atom. The van der Waals surface area contributed by atoms with E-state index in [0.29, 0.717) is 0 Å². The SMILES string of the molecule is c1ccc(-n2c3[n+](c4c5ccccc5oc42)Cc2ncccc2-3)cc1. The first kappa shape index (κ1) is 13.0. The predicted octanol–water partition coefficient (Wildman–Crippen LogP) is 4.09. The smallest absolute Gasteiger partial charge is 0.344 e. The molecule has 6 rings (SSSR count). The molecule has 0 atom stereocenters. The normalized spacial score (nSPS) is 12.6. The van der Waals surface area contributed by atoms with Gasteiger partial charge in [-0.2, -0.15) is 4.57 Å². The molecule has 5 aromatic rings. The molecule has 0 fully saturated rings. The minimum Gasteiger partial charge on any atom is -0.419 e. The molecule has 25 heavy (non-hydrogen) atoms. The number of hydrogen-bond acceptors (Lipinski definition) is 2. The quantitative estimate of drug-likeness (QED) is 0.427. The number of hydrogen-bond donors (Lipinski definition) is 0. The van der Waals surface area contributed by atoms with Gasteiger partial charge in [0.1, 0.15) is 17.8 Å². The number of furan rings is 1. The van der Waals surface area contributed by atoms with E-state index in [-0.39, 0.29) is 0 Å². The maximum atomic E-state index is 6.27. The molecule has 0 saturated carbocycles. The van der Waals surface area contributed by atoms with Gasteiger partial charge in [-0.25, -0.2) is 4.57 Å². The minimum atomic E-state index is 0.769. The van der Waals surface area contributed by atoms with Crippen LogP contribution in [0.25, 0.3) is 39.3 Å². The zero-order chi connectivity index (χ0) is 16.4. The third-order valence-electron chi connectivity index (χ3n) is 4.95. The van der Waals surface area contributed by atoms with Gasteiger partial charge in [0.25, 0.3) is 5.82 Å². The maximum Gasteiger partial charge on any atom is 0.344 e. The molecule has 0 saturated heterocycles. The van der Waals surface area contributed by atoms with Crippen molar-refractivity contribution in [1.82, 2.24) is 9.55 Å². The van der Waals surface area contributed by atoms with Crippen molar-refractivity contribution in [2.45, 2.75) is 6.54 Å². The van der Waals surface area contributed by atoms with Crippen LogP contribution < -0.4 is 4.57 Å². The average Bonchev–Trinajstić information content (AvgIpc) is 3.29. The van der Waals surface area contributed by atoms with Crippen molar-refractivity contribution in [2.75, 3.05) is 0 Å². The fraction of sp³-hybridized carbons (Fsp3) is 0.0476. The van der Waals surface area contributed by atoms with Gasteiger partial charge in [-0.05, 0) is 36.4 Å². The molecule has 0 bridgehead atoms. The number of aromatic nitrogens is 3. The predicted molar refractivity (Wildman–Crippen MR) is 95.6 cm³/mol. The topological polar surface area (TPSA) is 34.8 Å². The van der Waals surface area contributed by atoms with E-state index >= 15 is 0 Å². The molecule has 3 aromatic heterocycles. The molecular weight excluding hydrogens is 310 g/mol. The molecule has 1 aliphatic heterocycles. The molecule has 1 aliphatic rings. The highest BCUT2D eigenvalue weighted by Gasteiger charge is 2.38. The van der Waals surface area contributed by atoms with Crippen LogP contribution >= 0.6 is 0 Å². The summed E-state index contributed by atoms with van der Waals surface area (Å²) in [6.07, 6.45) is 1.86. The Morgan fingerprint density at radius 2 is 1.76 bits per heavy atom. The van der Waals surface area contributed by atoms with Crippen LogP contribution in [0.5, 0.6) is 0 Å². The van der Waals surface area contributed by atoms with Crippen LogP contribution in [-0.4, -0.2) is 9.55 Å². The van der Waals surface area contributed by atoms with Crippen molar-refractivity contribution < 1.29 is 8.98 Å². The van der Waals surface area contributed by atoms with E-state index in [9.17, 15) is 0 Å². The van der Waals surface area contributed by atoms with Crippen LogP contribution in [0.3, 0.4) is 0 Å². The first-order chi connectivity index (χ1) is 12.4. The van der Waals surface area contributed by atoms with E-state index in [1.165, 1.54) is 5.56 Å². The summed E-state index contributed by atoms with van der Waals surface area (Å²) in [4.78, 5) is 4.59. The Kier molecular flexibility index (Phi) is 2.37. The van der Waals surface area contributed by atoms with E-state index in [1.54, 1.807) is 0 Å². The number of benzene rings is 2. The number of imidazole rings is 1. The lowest BCUT2D eigenvalue weighted by Gasteiger charge is -2.00. The summed E-state index contributed by atoms with van der Waals surface area (Å²) in [5.74, 6) is 1.13. The van der Waals surface area contributed by atoms with E-state index in [4.69, 9.17) is 4.42 Å². The van der Waals surface area contributed by atoms with Crippen LogP contribution in [0.4, 0.5) is 0 Å². The molecule has 0 spiro atoms. The van der Waals surface area contributed by atoms with Crippen LogP contribution in [-0.2, 0) is 6.54 Å². The van der Waals surface area contributed by atoms with Gasteiger partial charge in [-0.1, -0.05) is 30.3 Å². The van der Waals surface area contributed by atoms with Gasteiger partial charge in [0.2, 0.25) is 5.52 Å². The number of nitrogens with zero attached hydrogens (tertiary/aromatic N) is 3. The summed E-state index contributed by atoms with van der Waals surface area (Å²) in [6, 6.07) is 22.7. The number of fused-ring (bicyclic) bond motifs is 7. The van der Waals surface area contributed by atoms with Crippen molar-refractivity contribution >= 4 is 22.2 Å². The molecule has 0 radical (unpaired) electrons. The van der Waals surface area contributed by atoms with Gasteiger partial charge in [-0.15, -0.1) is 0 Å². The van der Waals surface area contributed by atoms with Crippen LogP contribution in [0.1, 0.15) is 5.69 Å². The first-order valence-corrected chi connectivity index (χ1v) is 8.37. The molecular formula is C21H14N3O+. The summed E-state index contributed by atoms with van der Waals surface area (Å²) >= 11 is 0. The fourth-order valence-electron chi connectivity index (χ4n) is 3.91. The average molecular weight is 324 g/mol. The number of pyridine rings is 1. The van der Waals surface area contributed by atoms with Crippen molar-refractivity contribution in [3.63, 3.8) is 0 Å². The van der Waals surface area contributed by atoms with Crippen LogP contribution in [0.15, 0.2) is 77.3 Å². The lowest BCUT2D eigenvalue weighted by atomic mass is 10.2. The summed E-state index contributed by atoms with van der Waals surface area (Å²) in [7, 11) is 0. The largest absolute Gasteiger partial charge is 0.419 e. The Bertz CT molecular complexity index is 1260. The third-order valence-corrected chi connectivity index (χ3v) is 4.95. The summed E-state index contributed by atoms with van der Waals surface area (Å²) in [5.41, 5.74) is 6.30. The molecule has 0 unspecified atom stereocenters. The van der Waals surface area contributed by atoms with Gasteiger partial charge >= 0.3 is 5.71 Å². The maximum absolute atomic E-state index is 6.27. The van der Waals surface area contributed by atoms with E-state index < -0.39 is 0 Å². The summed E-state index contributed by atoms with van der Waals surface area (Å²) in [6.45, 7) is 0.769. The van der Waals surface area contributed by atoms with E-state index in [1.807, 2.05) is 30.5 Å². The van der Waals surface area contributed by atoms with Crippen molar-refractivity contribution in [1.29, 1.82) is 0 Å². The van der Waals surface area contributed by atoms with Gasteiger partial charge in [-0.3, -0.25) is 4.98 Å². The second kappa shape index (κ2) is 4.57. The molecule has 2 aromatic carbocycles. The van der Waals surface area contributed by atoms with Gasteiger partial charge < -0.3 is 4.42 Å². The number of rotatable bonds is 1. The zero-order valence-electron chi connectivity index (χ0n) is 13.4. The van der Waals surface area contributed by atoms with Crippen molar-refractivity contribution in [3.05, 3.63) is 78.6 Å². The van der Waals surface area contributed by atoms with Crippen molar-refractivity contribution in [3.8, 4) is 17.1 Å². The van der Waals surface area contributed by atoms with Crippen LogP contribution in [0, 0.1) is 0 Å². The van der Waals surface area contributed by atoms with Gasteiger partial charge in [0, 0.05) is 6.20 Å². The molecule has 0 N–H and O–H groups in total. The van der Waals surface area contributed by atoms with Gasteiger partial charge in [0.15, 0.2) is 0 Å². The fourth-order valence-corrected chi connectivity index (χ4v) is 3.91. The highest BCUT2D eigenvalue weighted by Crippen LogP contribution is 2.37. The monoisotopic (exact) mass is 324 g/mol. The molecule has 0 amide bonds. The van der Waals surface area contributed by atoms with Gasteiger partial charge in [0.05, 0.1) is 16.6 Å². The Hall–Kier alpha value is -3.40. The Balaban J connectivity index is 1.83.